The number of hydrogen-bond donors (Lipinski definition) is 2. The summed E-state index contributed by atoms with van der Waals surface area (Å²) < 4.78 is 19.5. The minimum Gasteiger partial charge on any atom is -0.381 e. The topological polar surface area (TPSA) is 109 Å². The minimum atomic E-state index is -0.420. The number of likely N-dealkylation sites (tertiary alicyclic amines) is 1. The molecule has 2 atom stereocenters. The van der Waals surface area contributed by atoms with E-state index in [0.29, 0.717) is 55.6 Å². The molecule has 2 aliphatic heterocycles. The van der Waals surface area contributed by atoms with Gasteiger partial charge in [0.15, 0.2) is 5.69 Å². The van der Waals surface area contributed by atoms with Gasteiger partial charge in [-0.3, -0.25) is 14.6 Å². The normalized spacial score (nSPS) is 19.1. The summed E-state index contributed by atoms with van der Waals surface area (Å²) in [5.41, 5.74) is 1.68. The first-order chi connectivity index (χ1) is 16.5. The first-order valence-electron chi connectivity index (χ1n) is 11.2. The third-order valence-electron chi connectivity index (χ3n) is 6.19. The van der Waals surface area contributed by atoms with Gasteiger partial charge in [0.2, 0.25) is 11.9 Å². The van der Waals surface area contributed by atoms with Crippen molar-refractivity contribution in [1.29, 1.82) is 0 Å². The van der Waals surface area contributed by atoms with E-state index in [1.807, 2.05) is 18.4 Å². The first kappa shape index (κ1) is 22.6. The number of halogens is 1. The Kier molecular flexibility index (Phi) is 6.38. The Bertz CT molecular complexity index is 1210. The van der Waals surface area contributed by atoms with Crippen molar-refractivity contribution in [2.24, 2.45) is 11.8 Å². The van der Waals surface area contributed by atoms with E-state index < -0.39 is 5.82 Å². The molecule has 11 heteroatoms. The lowest BCUT2D eigenvalue weighted by Crippen LogP contribution is -2.54. The molecule has 2 amide bonds. The minimum absolute atomic E-state index is 0.0247. The van der Waals surface area contributed by atoms with Crippen molar-refractivity contribution in [3.8, 4) is 0 Å². The van der Waals surface area contributed by atoms with Gasteiger partial charge in [-0.15, -0.1) is 11.3 Å². The lowest BCUT2D eigenvalue weighted by Gasteiger charge is -2.39. The molecule has 0 spiro atoms. The van der Waals surface area contributed by atoms with Crippen LogP contribution in [0.4, 0.5) is 10.3 Å². The van der Waals surface area contributed by atoms with Gasteiger partial charge in [0.1, 0.15) is 5.82 Å². The number of pyridine rings is 1. The van der Waals surface area contributed by atoms with Crippen LogP contribution in [-0.2, 0) is 9.53 Å². The summed E-state index contributed by atoms with van der Waals surface area (Å²) in [6, 6.07) is 2.95. The maximum atomic E-state index is 13.5. The second kappa shape index (κ2) is 9.59. The SMILES string of the molecule is C[C@H](Nc1nc(C(=O)N2CC(CNC(=O)[C@@H]3CCOC3)C2)c2sccc2n1)c1cncc(F)c1. The van der Waals surface area contributed by atoms with E-state index in [-0.39, 0.29) is 29.7 Å². The molecule has 3 aromatic rings. The lowest BCUT2D eigenvalue weighted by molar-refractivity contribution is -0.125. The Balaban J connectivity index is 1.24. The number of thiophene rings is 1. The predicted octanol–water partition coefficient (Wildman–Crippen LogP) is 2.62. The number of hydrogen-bond acceptors (Lipinski definition) is 8. The molecular weight excluding hydrogens is 459 g/mol. The van der Waals surface area contributed by atoms with E-state index in [4.69, 9.17) is 4.74 Å². The molecule has 178 valence electrons. The summed E-state index contributed by atoms with van der Waals surface area (Å²) in [4.78, 5) is 40.1. The molecule has 9 nitrogen and oxygen atoms in total. The van der Waals surface area contributed by atoms with Gasteiger partial charge in [0.25, 0.3) is 5.91 Å². The number of carbonyl (C=O) groups excluding carboxylic acids is 2. The van der Waals surface area contributed by atoms with E-state index in [2.05, 4.69) is 25.6 Å². The molecule has 0 aliphatic carbocycles. The van der Waals surface area contributed by atoms with Crippen LogP contribution in [0.15, 0.2) is 29.9 Å². The van der Waals surface area contributed by atoms with Gasteiger partial charge in [-0.1, -0.05) is 0 Å². The fraction of sp³-hybridized carbons (Fsp3) is 0.435. The number of nitrogens with one attached hydrogen (secondary N) is 2. The van der Waals surface area contributed by atoms with Crippen molar-refractivity contribution >= 4 is 39.3 Å². The van der Waals surface area contributed by atoms with Crippen LogP contribution >= 0.6 is 11.3 Å². The fourth-order valence-corrected chi connectivity index (χ4v) is 4.97. The molecular formula is C23H25FN6O3S. The van der Waals surface area contributed by atoms with Gasteiger partial charge < -0.3 is 20.3 Å². The Morgan fingerprint density at radius 3 is 2.94 bits per heavy atom. The van der Waals surface area contributed by atoms with Gasteiger partial charge in [-0.25, -0.2) is 14.4 Å². The van der Waals surface area contributed by atoms with Gasteiger partial charge in [0, 0.05) is 38.4 Å². The zero-order chi connectivity index (χ0) is 23.7. The highest BCUT2D eigenvalue weighted by Crippen LogP contribution is 2.28. The standard InChI is InChI=1S/C23H25FN6O3S/c1-13(16-6-17(24)9-25-8-16)27-23-28-18-3-5-34-20(18)19(29-23)22(32)30-10-14(11-30)7-26-21(31)15-2-4-33-12-15/h3,5-6,8-9,13-15H,2,4,7,10-12H2,1H3,(H,26,31)(H,27,28,29)/t13-,15+/m0/s1. The number of fused-ring (bicyclic) bond motifs is 1. The number of carbonyl (C=O) groups is 2. The summed E-state index contributed by atoms with van der Waals surface area (Å²) >= 11 is 1.42. The zero-order valence-corrected chi connectivity index (χ0v) is 19.5. The van der Waals surface area contributed by atoms with Crippen LogP contribution in [0.1, 0.15) is 35.4 Å². The molecule has 5 rings (SSSR count). The van der Waals surface area contributed by atoms with E-state index >= 15 is 0 Å². The highest BCUT2D eigenvalue weighted by Gasteiger charge is 2.34. The Hall–Kier alpha value is -3.18. The van der Waals surface area contributed by atoms with Crippen molar-refractivity contribution in [3.05, 3.63) is 47.0 Å². The molecule has 2 aliphatic rings. The molecule has 2 fully saturated rings. The molecule has 0 unspecified atom stereocenters. The zero-order valence-electron chi connectivity index (χ0n) is 18.7. The molecule has 2 N–H and O–H groups in total. The summed E-state index contributed by atoms with van der Waals surface area (Å²) in [7, 11) is 0. The largest absolute Gasteiger partial charge is 0.381 e. The number of nitrogens with zero attached hydrogens (tertiary/aromatic N) is 4. The van der Waals surface area contributed by atoms with Crippen molar-refractivity contribution in [2.45, 2.75) is 19.4 Å². The second-order valence-electron chi connectivity index (χ2n) is 8.72. The van der Waals surface area contributed by atoms with Gasteiger partial charge >= 0.3 is 0 Å². The second-order valence-corrected chi connectivity index (χ2v) is 9.63. The van der Waals surface area contributed by atoms with E-state index in [1.54, 1.807) is 11.1 Å². The van der Waals surface area contributed by atoms with Crippen molar-refractivity contribution < 1.29 is 18.7 Å². The third-order valence-corrected chi connectivity index (χ3v) is 7.10. The van der Waals surface area contributed by atoms with Gasteiger partial charge in [-0.2, -0.15) is 0 Å². The maximum absolute atomic E-state index is 13.5. The predicted molar refractivity (Wildman–Crippen MR) is 125 cm³/mol. The monoisotopic (exact) mass is 484 g/mol. The van der Waals surface area contributed by atoms with Crippen LogP contribution in [-0.4, -0.2) is 64.5 Å². The first-order valence-corrected chi connectivity index (χ1v) is 12.1. The number of aromatic nitrogens is 3. The van der Waals surface area contributed by atoms with E-state index in [1.165, 1.54) is 17.4 Å². The van der Waals surface area contributed by atoms with Crippen LogP contribution in [0, 0.1) is 17.7 Å². The van der Waals surface area contributed by atoms with Crippen molar-refractivity contribution in [1.82, 2.24) is 25.2 Å². The van der Waals surface area contributed by atoms with Crippen molar-refractivity contribution in [2.75, 3.05) is 38.2 Å². The number of amides is 2. The average Bonchev–Trinajstić information content (AvgIpc) is 3.49. The summed E-state index contributed by atoms with van der Waals surface area (Å²) in [6.07, 6.45) is 3.49. The molecule has 5 heterocycles. The van der Waals surface area contributed by atoms with E-state index in [0.717, 1.165) is 17.3 Å². The van der Waals surface area contributed by atoms with Crippen molar-refractivity contribution in [3.63, 3.8) is 0 Å². The Morgan fingerprint density at radius 2 is 2.18 bits per heavy atom. The Morgan fingerprint density at radius 1 is 1.32 bits per heavy atom. The van der Waals surface area contributed by atoms with Crippen LogP contribution in [0.5, 0.6) is 0 Å². The number of anilines is 1. The van der Waals surface area contributed by atoms with Gasteiger partial charge in [-0.05, 0) is 36.4 Å². The van der Waals surface area contributed by atoms with Gasteiger partial charge in [0.05, 0.1) is 35.0 Å². The molecule has 0 saturated carbocycles. The lowest BCUT2D eigenvalue weighted by atomic mass is 9.99. The quantitative estimate of drug-likeness (QED) is 0.531. The number of rotatable bonds is 7. The van der Waals surface area contributed by atoms with Crippen LogP contribution in [0.2, 0.25) is 0 Å². The number of ether oxygens (including phenoxy) is 1. The third kappa shape index (κ3) is 4.71. The molecule has 0 aromatic carbocycles. The molecule has 2 saturated heterocycles. The summed E-state index contributed by atoms with van der Waals surface area (Å²) in [5, 5.41) is 8.01. The van der Waals surface area contributed by atoms with Crippen LogP contribution in [0.3, 0.4) is 0 Å². The average molecular weight is 485 g/mol. The molecule has 3 aromatic heterocycles. The highest BCUT2D eigenvalue weighted by atomic mass is 32.1. The molecule has 0 bridgehead atoms. The summed E-state index contributed by atoms with van der Waals surface area (Å²) in [5.74, 6) is -0.108. The molecule has 34 heavy (non-hydrogen) atoms. The van der Waals surface area contributed by atoms with Crippen LogP contribution < -0.4 is 10.6 Å². The molecule has 0 radical (unpaired) electrons. The Labute approximate surface area is 199 Å². The van der Waals surface area contributed by atoms with E-state index in [9.17, 15) is 14.0 Å². The van der Waals surface area contributed by atoms with Crippen LogP contribution in [0.25, 0.3) is 10.2 Å². The smallest absolute Gasteiger partial charge is 0.274 e. The summed E-state index contributed by atoms with van der Waals surface area (Å²) in [6.45, 7) is 4.63. The highest BCUT2D eigenvalue weighted by molar-refractivity contribution is 7.17. The fourth-order valence-electron chi connectivity index (χ4n) is 4.16. The maximum Gasteiger partial charge on any atom is 0.274 e.